The van der Waals surface area contributed by atoms with E-state index in [4.69, 9.17) is 0 Å². The molecule has 0 aliphatic rings. The van der Waals surface area contributed by atoms with Gasteiger partial charge in [0.25, 0.3) is 0 Å². The number of carbonyl (C=O) groups is 2. The zero-order chi connectivity index (χ0) is 18.0. The first-order valence-corrected chi connectivity index (χ1v) is 8.72. The van der Waals surface area contributed by atoms with E-state index in [9.17, 15) is 14.4 Å². The molecule has 8 heteroatoms. The predicted molar refractivity (Wildman–Crippen MR) is 93.1 cm³/mol. The van der Waals surface area contributed by atoms with Crippen LogP contribution in [-0.4, -0.2) is 36.6 Å². The molecule has 2 N–H and O–H groups in total. The lowest BCUT2D eigenvalue weighted by atomic mass is 10.0. The fourth-order valence-electron chi connectivity index (χ4n) is 2.75. The third-order valence-electron chi connectivity index (χ3n) is 3.86. The second-order valence-electron chi connectivity index (χ2n) is 5.77. The molecule has 0 aromatic carbocycles. The summed E-state index contributed by atoms with van der Waals surface area (Å²) < 4.78 is 1.53. The van der Waals surface area contributed by atoms with E-state index in [-0.39, 0.29) is 17.3 Å². The van der Waals surface area contributed by atoms with Gasteiger partial charge in [-0.2, -0.15) is 0 Å². The highest BCUT2D eigenvalue weighted by Gasteiger charge is 2.25. The summed E-state index contributed by atoms with van der Waals surface area (Å²) in [5, 5.41) is 6.47. The Morgan fingerprint density at radius 3 is 2.54 bits per heavy atom. The number of H-pyrrole nitrogens is 2. The lowest BCUT2D eigenvalue weighted by molar-refractivity contribution is 0.0988. The summed E-state index contributed by atoms with van der Waals surface area (Å²) in [4.78, 5) is 39.2. The van der Waals surface area contributed by atoms with Crippen molar-refractivity contribution in [3.63, 3.8) is 0 Å². The molecule has 0 aliphatic heterocycles. The summed E-state index contributed by atoms with van der Waals surface area (Å²) in [6.45, 7) is 9.33. The van der Waals surface area contributed by atoms with Gasteiger partial charge in [0.2, 0.25) is 0 Å². The molecule has 2 rings (SSSR count). The fraction of sp³-hybridized carbons (Fsp3) is 0.500. The van der Waals surface area contributed by atoms with Crippen LogP contribution < -0.4 is 5.69 Å². The number of hydrogen-bond donors (Lipinski definition) is 2. The smallest absolute Gasteiger partial charge is 0.343 e. The number of hydrogen-bond acceptors (Lipinski definition) is 5. The first kappa shape index (κ1) is 18.3. The molecule has 0 amide bonds. The minimum Gasteiger partial charge on any atom is -0.355 e. The van der Waals surface area contributed by atoms with Crippen molar-refractivity contribution in [2.45, 2.75) is 58.0 Å². The van der Waals surface area contributed by atoms with Crippen molar-refractivity contribution < 1.29 is 9.59 Å². The van der Waals surface area contributed by atoms with Gasteiger partial charge < -0.3 is 4.98 Å². The number of thioether (sulfide) groups is 1. The van der Waals surface area contributed by atoms with E-state index in [1.54, 1.807) is 20.8 Å². The van der Waals surface area contributed by atoms with Gasteiger partial charge >= 0.3 is 5.69 Å². The summed E-state index contributed by atoms with van der Waals surface area (Å²) in [5.41, 5.74) is 2.11. The highest BCUT2D eigenvalue weighted by molar-refractivity contribution is 8.00. The van der Waals surface area contributed by atoms with Crippen LogP contribution in [0.1, 0.15) is 59.3 Å². The van der Waals surface area contributed by atoms with Gasteiger partial charge in [-0.05, 0) is 39.7 Å². The zero-order valence-electron chi connectivity index (χ0n) is 14.5. The maximum absolute atomic E-state index is 12.7. The van der Waals surface area contributed by atoms with Gasteiger partial charge in [0.15, 0.2) is 16.7 Å². The van der Waals surface area contributed by atoms with Gasteiger partial charge in [0, 0.05) is 17.8 Å². The van der Waals surface area contributed by atoms with E-state index in [1.807, 2.05) is 6.92 Å². The Morgan fingerprint density at radius 2 is 2.00 bits per heavy atom. The van der Waals surface area contributed by atoms with E-state index in [0.29, 0.717) is 34.2 Å². The van der Waals surface area contributed by atoms with E-state index in [1.165, 1.54) is 23.3 Å². The largest absolute Gasteiger partial charge is 0.355 e. The standard InChI is InChI=1S/C16H22N4O3S/c1-6-7-20-15(23)18-19-16(20)24-11(5)14(22)13-8(2)12(10(4)21)9(3)17-13/h11,17H,6-7H2,1-5H3,(H,18,23). The second-order valence-corrected chi connectivity index (χ2v) is 7.08. The summed E-state index contributed by atoms with van der Waals surface area (Å²) in [5.74, 6) is -0.184. The third-order valence-corrected chi connectivity index (χ3v) is 4.95. The molecular weight excluding hydrogens is 328 g/mol. The minimum absolute atomic E-state index is 0.0651. The van der Waals surface area contributed by atoms with E-state index < -0.39 is 5.25 Å². The van der Waals surface area contributed by atoms with Crippen LogP contribution in [0.2, 0.25) is 0 Å². The van der Waals surface area contributed by atoms with Crippen molar-refractivity contribution in [1.29, 1.82) is 0 Å². The lowest BCUT2D eigenvalue weighted by Gasteiger charge is -2.10. The maximum atomic E-state index is 12.7. The molecule has 130 valence electrons. The van der Waals surface area contributed by atoms with Crippen LogP contribution in [0.15, 0.2) is 9.95 Å². The summed E-state index contributed by atoms with van der Waals surface area (Å²) in [6, 6.07) is 0. The molecule has 0 aliphatic carbocycles. The molecule has 0 spiro atoms. The van der Waals surface area contributed by atoms with Crippen LogP contribution >= 0.6 is 11.8 Å². The van der Waals surface area contributed by atoms with Crippen LogP contribution in [0.25, 0.3) is 0 Å². The fourth-order valence-corrected chi connectivity index (χ4v) is 3.69. The van der Waals surface area contributed by atoms with Crippen molar-refractivity contribution in [2.24, 2.45) is 0 Å². The molecule has 2 aromatic rings. The van der Waals surface area contributed by atoms with Gasteiger partial charge in [-0.15, -0.1) is 5.10 Å². The molecule has 0 fully saturated rings. The molecule has 24 heavy (non-hydrogen) atoms. The molecule has 2 heterocycles. The van der Waals surface area contributed by atoms with Gasteiger partial charge in [0.05, 0.1) is 10.9 Å². The third kappa shape index (κ3) is 3.38. The number of rotatable bonds is 7. The summed E-state index contributed by atoms with van der Waals surface area (Å²) in [6.07, 6.45) is 0.798. The van der Waals surface area contributed by atoms with Gasteiger partial charge in [-0.3, -0.25) is 14.2 Å². The number of nitrogens with zero attached hydrogens (tertiary/aromatic N) is 2. The number of Topliss-reactive ketones (excluding diaryl/α,β-unsaturated/α-hetero) is 2. The maximum Gasteiger partial charge on any atom is 0.343 e. The Labute approximate surface area is 144 Å². The Morgan fingerprint density at radius 1 is 1.33 bits per heavy atom. The molecule has 2 aromatic heterocycles. The summed E-state index contributed by atoms with van der Waals surface area (Å²) in [7, 11) is 0. The van der Waals surface area contributed by atoms with Crippen molar-refractivity contribution in [2.75, 3.05) is 0 Å². The first-order valence-electron chi connectivity index (χ1n) is 7.84. The molecule has 0 radical (unpaired) electrons. The van der Waals surface area contributed by atoms with Crippen LogP contribution in [0.4, 0.5) is 0 Å². The van der Waals surface area contributed by atoms with E-state index >= 15 is 0 Å². The average molecular weight is 350 g/mol. The number of aromatic nitrogens is 4. The van der Waals surface area contributed by atoms with Crippen LogP contribution in [-0.2, 0) is 6.54 Å². The minimum atomic E-state index is -0.438. The van der Waals surface area contributed by atoms with Crippen LogP contribution in [0.3, 0.4) is 0 Å². The van der Waals surface area contributed by atoms with E-state index in [0.717, 1.165) is 6.42 Å². The molecule has 0 bridgehead atoms. The quantitative estimate of drug-likeness (QED) is 0.590. The molecule has 7 nitrogen and oxygen atoms in total. The van der Waals surface area contributed by atoms with Crippen molar-refractivity contribution in [1.82, 2.24) is 19.7 Å². The van der Waals surface area contributed by atoms with Crippen molar-refractivity contribution >= 4 is 23.3 Å². The van der Waals surface area contributed by atoms with Crippen LogP contribution in [0.5, 0.6) is 0 Å². The highest BCUT2D eigenvalue weighted by atomic mass is 32.2. The first-order chi connectivity index (χ1) is 11.3. The number of carbonyl (C=O) groups excluding carboxylic acids is 2. The van der Waals surface area contributed by atoms with Gasteiger partial charge in [-0.1, -0.05) is 18.7 Å². The monoisotopic (exact) mass is 350 g/mol. The van der Waals surface area contributed by atoms with Gasteiger partial charge in [-0.25, -0.2) is 9.89 Å². The van der Waals surface area contributed by atoms with Crippen molar-refractivity contribution in [3.05, 3.63) is 33.0 Å². The Kier molecular flexibility index (Phi) is 5.48. The van der Waals surface area contributed by atoms with Crippen molar-refractivity contribution in [3.8, 4) is 0 Å². The predicted octanol–water partition coefficient (Wildman–Crippen LogP) is 2.49. The molecule has 1 unspecified atom stereocenters. The number of nitrogens with one attached hydrogen (secondary N) is 2. The SMILES string of the molecule is CCCn1c(SC(C)C(=O)c2[nH]c(C)c(C(C)=O)c2C)n[nH]c1=O. The molecular formula is C16H22N4O3S. The second kappa shape index (κ2) is 7.21. The topological polar surface area (TPSA) is 101 Å². The van der Waals surface area contributed by atoms with E-state index in [2.05, 4.69) is 15.2 Å². The zero-order valence-corrected chi connectivity index (χ0v) is 15.3. The Hall–Kier alpha value is -2.09. The molecule has 0 saturated carbocycles. The summed E-state index contributed by atoms with van der Waals surface area (Å²) >= 11 is 1.23. The number of aryl methyl sites for hydroxylation is 1. The van der Waals surface area contributed by atoms with Crippen LogP contribution in [0, 0.1) is 13.8 Å². The van der Waals surface area contributed by atoms with Gasteiger partial charge in [0.1, 0.15) is 0 Å². The normalized spacial score (nSPS) is 12.4. The number of ketones is 2. The Balaban J connectivity index is 2.27. The number of aromatic amines is 2. The molecule has 1 atom stereocenters. The average Bonchev–Trinajstić information content (AvgIpc) is 3.00. The Bertz CT molecular complexity index is 831. The lowest BCUT2D eigenvalue weighted by Crippen LogP contribution is -2.20. The highest BCUT2D eigenvalue weighted by Crippen LogP contribution is 2.26. The molecule has 0 saturated heterocycles.